The Morgan fingerprint density at radius 2 is 1.43 bits per heavy atom. The third kappa shape index (κ3) is 11.0. The molecule has 1 rings (SSSR count). The van der Waals surface area contributed by atoms with Crippen LogP contribution in [0.1, 0.15) is 38.7 Å². The van der Waals surface area contributed by atoms with Gasteiger partial charge in [0.2, 0.25) is 23.6 Å². The summed E-state index contributed by atoms with van der Waals surface area (Å²) in [4.78, 5) is 60.7. The molecule has 0 radical (unpaired) electrons. The third-order valence-corrected chi connectivity index (χ3v) is 5.08. The largest absolute Gasteiger partial charge is 0.480 e. The maximum atomic E-state index is 13.0. The summed E-state index contributed by atoms with van der Waals surface area (Å²) in [6.07, 6.45) is 0.0284. The first-order chi connectivity index (χ1) is 16.4. The summed E-state index contributed by atoms with van der Waals surface area (Å²) in [6.45, 7) is 2.75. The molecule has 4 atom stereocenters. The Kier molecular flexibility index (Phi) is 12.4. The lowest BCUT2D eigenvalue weighted by atomic mass is 10.0. The number of hydrogen-bond donors (Lipinski definition) is 7. The van der Waals surface area contributed by atoms with Crippen molar-refractivity contribution in [2.24, 2.45) is 17.4 Å². The lowest BCUT2D eigenvalue weighted by molar-refractivity contribution is -0.143. The van der Waals surface area contributed by atoms with E-state index in [0.29, 0.717) is 0 Å². The van der Waals surface area contributed by atoms with E-state index in [9.17, 15) is 29.1 Å². The summed E-state index contributed by atoms with van der Waals surface area (Å²) < 4.78 is 0. The van der Waals surface area contributed by atoms with E-state index in [1.165, 1.54) is 0 Å². The van der Waals surface area contributed by atoms with E-state index >= 15 is 0 Å². The average Bonchev–Trinajstić information content (AvgIpc) is 2.79. The van der Waals surface area contributed by atoms with Crippen LogP contribution in [0.25, 0.3) is 0 Å². The van der Waals surface area contributed by atoms with Crippen molar-refractivity contribution in [3.8, 4) is 0 Å². The zero-order valence-electron chi connectivity index (χ0n) is 19.9. The molecule has 1 aromatic rings. The number of carboxylic acids is 1. The van der Waals surface area contributed by atoms with Crippen molar-refractivity contribution in [3.05, 3.63) is 35.9 Å². The Bertz CT molecular complexity index is 878. The van der Waals surface area contributed by atoms with Crippen molar-refractivity contribution in [1.29, 1.82) is 0 Å². The quantitative estimate of drug-likeness (QED) is 0.151. The average molecular weight is 494 g/mol. The van der Waals surface area contributed by atoms with Crippen molar-refractivity contribution in [2.75, 3.05) is 6.61 Å². The molecule has 4 unspecified atom stereocenters. The number of nitrogens with two attached hydrogens (primary N) is 2. The molecule has 0 fully saturated rings. The van der Waals surface area contributed by atoms with E-state index in [2.05, 4.69) is 16.0 Å². The summed E-state index contributed by atoms with van der Waals surface area (Å²) >= 11 is 0. The molecular weight excluding hydrogens is 458 g/mol. The van der Waals surface area contributed by atoms with Gasteiger partial charge in [-0.3, -0.25) is 19.2 Å². The highest BCUT2D eigenvalue weighted by atomic mass is 16.4. The number of hydrogen-bond acceptors (Lipinski definition) is 7. The first-order valence-electron chi connectivity index (χ1n) is 11.3. The molecule has 0 spiro atoms. The molecule has 0 aliphatic heterocycles. The molecule has 0 aromatic heterocycles. The Labute approximate surface area is 203 Å². The van der Waals surface area contributed by atoms with Gasteiger partial charge in [-0.25, -0.2) is 4.79 Å². The number of carboxylic acid groups (broad SMARTS) is 1. The lowest BCUT2D eigenvalue weighted by Gasteiger charge is -2.25. The molecular formula is C23H35N5O7. The fourth-order valence-corrected chi connectivity index (χ4v) is 3.23. The fraction of sp³-hybridized carbons (Fsp3) is 0.522. The van der Waals surface area contributed by atoms with Crippen LogP contribution < -0.4 is 27.4 Å². The number of nitrogens with one attached hydrogen (secondary N) is 3. The monoisotopic (exact) mass is 493 g/mol. The summed E-state index contributed by atoms with van der Waals surface area (Å²) in [6, 6.07) is 4.14. The van der Waals surface area contributed by atoms with E-state index < -0.39 is 60.4 Å². The van der Waals surface area contributed by atoms with Crippen LogP contribution in [0.3, 0.4) is 0 Å². The second-order valence-electron chi connectivity index (χ2n) is 8.64. The van der Waals surface area contributed by atoms with Crippen molar-refractivity contribution in [3.63, 3.8) is 0 Å². The zero-order chi connectivity index (χ0) is 26.5. The first-order valence-corrected chi connectivity index (χ1v) is 11.3. The molecule has 194 valence electrons. The van der Waals surface area contributed by atoms with Crippen LogP contribution in [0.15, 0.2) is 30.3 Å². The topological polar surface area (TPSA) is 214 Å². The molecule has 12 heteroatoms. The number of amides is 4. The molecule has 12 nitrogen and oxygen atoms in total. The van der Waals surface area contributed by atoms with Crippen molar-refractivity contribution >= 4 is 29.6 Å². The fourth-order valence-electron chi connectivity index (χ4n) is 3.23. The molecule has 9 N–H and O–H groups in total. The van der Waals surface area contributed by atoms with Crippen LogP contribution in [0.4, 0.5) is 0 Å². The smallest absolute Gasteiger partial charge is 0.328 e. The molecule has 0 saturated carbocycles. The molecule has 1 aromatic carbocycles. The maximum Gasteiger partial charge on any atom is 0.328 e. The van der Waals surface area contributed by atoms with E-state index in [1.54, 1.807) is 38.1 Å². The van der Waals surface area contributed by atoms with Gasteiger partial charge in [-0.1, -0.05) is 44.2 Å². The number of aliphatic hydroxyl groups excluding tert-OH is 1. The highest BCUT2D eigenvalue weighted by molar-refractivity contribution is 5.94. The van der Waals surface area contributed by atoms with Gasteiger partial charge in [-0.2, -0.15) is 0 Å². The van der Waals surface area contributed by atoms with E-state index in [1.807, 2.05) is 6.07 Å². The van der Waals surface area contributed by atoms with Gasteiger partial charge in [-0.15, -0.1) is 0 Å². The predicted octanol–water partition coefficient (Wildman–Crippen LogP) is -1.60. The van der Waals surface area contributed by atoms with Gasteiger partial charge in [0, 0.05) is 6.42 Å². The van der Waals surface area contributed by atoms with Crippen LogP contribution in [0.5, 0.6) is 0 Å². The molecule has 35 heavy (non-hydrogen) atoms. The van der Waals surface area contributed by atoms with Gasteiger partial charge in [0.05, 0.1) is 12.6 Å². The van der Waals surface area contributed by atoms with Gasteiger partial charge in [0.25, 0.3) is 0 Å². The van der Waals surface area contributed by atoms with Crippen LogP contribution >= 0.6 is 0 Å². The predicted molar refractivity (Wildman–Crippen MR) is 127 cm³/mol. The molecule has 0 heterocycles. The van der Waals surface area contributed by atoms with Gasteiger partial charge < -0.3 is 37.6 Å². The number of aliphatic carboxylic acids is 1. The Morgan fingerprint density at radius 3 is 1.94 bits per heavy atom. The van der Waals surface area contributed by atoms with Gasteiger partial charge in [0.1, 0.15) is 18.1 Å². The van der Waals surface area contributed by atoms with Gasteiger partial charge in [0.15, 0.2) is 0 Å². The second-order valence-corrected chi connectivity index (χ2v) is 8.64. The number of benzene rings is 1. The molecule has 0 saturated heterocycles. The normalized spacial score (nSPS) is 14.3. The number of carbonyl (C=O) groups is 5. The molecule has 0 bridgehead atoms. The van der Waals surface area contributed by atoms with E-state index in [-0.39, 0.29) is 31.6 Å². The van der Waals surface area contributed by atoms with E-state index in [4.69, 9.17) is 16.6 Å². The van der Waals surface area contributed by atoms with Crippen molar-refractivity contribution in [2.45, 2.75) is 63.7 Å². The van der Waals surface area contributed by atoms with Crippen LogP contribution in [0.2, 0.25) is 0 Å². The summed E-state index contributed by atoms with van der Waals surface area (Å²) in [7, 11) is 0. The highest BCUT2D eigenvalue weighted by Gasteiger charge is 2.30. The molecule has 4 amide bonds. The standard InChI is InChI=1S/C23H35N5O7/c1-13(2)10-17(22(33)28-18(12-29)23(34)35)27-21(32)16(8-9-19(25)30)26-20(31)15(24)11-14-6-4-3-5-7-14/h3-7,13,15-18,29H,8-12,24H2,1-2H3,(H2,25,30)(H,26,31)(H,27,32)(H,28,33)(H,34,35). The first kappa shape index (κ1) is 29.5. The minimum absolute atomic E-state index is 0.0681. The SMILES string of the molecule is CC(C)CC(NC(=O)C(CCC(N)=O)NC(=O)C(N)Cc1ccccc1)C(=O)NC(CO)C(=O)O. The summed E-state index contributed by atoms with van der Waals surface area (Å²) in [5.41, 5.74) is 12.0. The molecule has 0 aliphatic rings. The number of primary amides is 1. The Hall–Kier alpha value is -3.51. The van der Waals surface area contributed by atoms with Crippen LogP contribution in [-0.2, 0) is 30.4 Å². The molecule has 0 aliphatic carbocycles. The number of rotatable bonds is 15. The summed E-state index contributed by atoms with van der Waals surface area (Å²) in [5, 5.41) is 25.4. The maximum absolute atomic E-state index is 13.0. The van der Waals surface area contributed by atoms with Gasteiger partial charge in [-0.05, 0) is 30.7 Å². The van der Waals surface area contributed by atoms with E-state index in [0.717, 1.165) is 5.56 Å². The van der Waals surface area contributed by atoms with Crippen molar-refractivity contribution < 1.29 is 34.2 Å². The second kappa shape index (κ2) is 14.7. The van der Waals surface area contributed by atoms with Crippen LogP contribution in [0, 0.1) is 5.92 Å². The Balaban J connectivity index is 2.96. The third-order valence-electron chi connectivity index (χ3n) is 5.08. The van der Waals surface area contributed by atoms with Gasteiger partial charge >= 0.3 is 5.97 Å². The van der Waals surface area contributed by atoms with Crippen LogP contribution in [-0.4, -0.2) is 70.6 Å². The zero-order valence-corrected chi connectivity index (χ0v) is 19.9. The lowest BCUT2D eigenvalue weighted by Crippen LogP contribution is -2.58. The summed E-state index contributed by atoms with van der Waals surface area (Å²) in [5.74, 6) is -4.39. The number of aliphatic hydroxyl groups is 1. The van der Waals surface area contributed by atoms with Crippen molar-refractivity contribution in [1.82, 2.24) is 16.0 Å². The minimum atomic E-state index is -1.55. The number of carbonyl (C=O) groups excluding carboxylic acids is 4. The Morgan fingerprint density at radius 1 is 0.886 bits per heavy atom. The highest BCUT2D eigenvalue weighted by Crippen LogP contribution is 2.08. The minimum Gasteiger partial charge on any atom is -0.480 e.